The van der Waals surface area contributed by atoms with Crippen molar-refractivity contribution < 1.29 is 4.79 Å². The second-order valence-electron chi connectivity index (χ2n) is 4.83. The fourth-order valence-corrected chi connectivity index (χ4v) is 2.29. The van der Waals surface area contributed by atoms with Crippen molar-refractivity contribution in [2.45, 2.75) is 18.2 Å². The molecule has 4 nitrogen and oxygen atoms in total. The van der Waals surface area contributed by atoms with Crippen molar-refractivity contribution in [1.29, 1.82) is 5.26 Å². The number of hydrogen-bond acceptors (Lipinski definition) is 3. The Morgan fingerprint density at radius 2 is 1.82 bits per heavy atom. The zero-order chi connectivity index (χ0) is 15.8. The Morgan fingerprint density at radius 3 is 2.45 bits per heavy atom. The third kappa shape index (κ3) is 5.15. The van der Waals surface area contributed by atoms with Gasteiger partial charge >= 0.3 is 6.03 Å². The Bertz CT molecular complexity index is 660. The number of nitrogens with one attached hydrogen (secondary N) is 2. The summed E-state index contributed by atoms with van der Waals surface area (Å²) >= 11 is 1.09. The fourth-order valence-electron chi connectivity index (χ4n) is 1.91. The minimum absolute atomic E-state index is 0.229. The molecule has 2 amide bonds. The zero-order valence-electron chi connectivity index (χ0n) is 12.3. The van der Waals surface area contributed by atoms with E-state index in [1.807, 2.05) is 5.40 Å². The molecule has 0 aliphatic rings. The molecule has 2 aromatic rings. The Balaban J connectivity index is 1.75. The topological polar surface area (TPSA) is 64.9 Å². The van der Waals surface area contributed by atoms with Crippen molar-refractivity contribution in [3.63, 3.8) is 0 Å². The largest absolute Gasteiger partial charge is 0.338 e. The van der Waals surface area contributed by atoms with Crippen LogP contribution in [0.4, 0.5) is 10.5 Å². The Hall–Kier alpha value is -2.45. The number of urea groups is 1. The summed E-state index contributed by atoms with van der Waals surface area (Å²) in [6, 6.07) is 15.2. The minimum atomic E-state index is -0.229. The van der Waals surface area contributed by atoms with Crippen LogP contribution >= 0.6 is 11.8 Å². The van der Waals surface area contributed by atoms with Gasteiger partial charge in [-0.25, -0.2) is 4.79 Å². The van der Waals surface area contributed by atoms with E-state index in [1.54, 1.807) is 24.3 Å². The number of anilines is 1. The lowest BCUT2D eigenvalue weighted by Crippen LogP contribution is -2.30. The van der Waals surface area contributed by atoms with E-state index in [-0.39, 0.29) is 6.03 Å². The first-order chi connectivity index (χ1) is 10.7. The molecule has 22 heavy (non-hydrogen) atoms. The van der Waals surface area contributed by atoms with Crippen LogP contribution in [0.5, 0.6) is 0 Å². The number of hydrogen-bond donors (Lipinski definition) is 2. The lowest BCUT2D eigenvalue weighted by atomic mass is 10.1. The summed E-state index contributed by atoms with van der Waals surface area (Å²) < 4.78 is 0. The van der Waals surface area contributed by atoms with Gasteiger partial charge in [0.05, 0.1) is 0 Å². The highest BCUT2D eigenvalue weighted by atomic mass is 32.2. The molecule has 0 spiro atoms. The van der Waals surface area contributed by atoms with Crippen LogP contribution in [0.1, 0.15) is 11.1 Å². The number of carbonyl (C=O) groups is 1. The molecule has 2 rings (SSSR count). The molecule has 0 saturated heterocycles. The van der Waals surface area contributed by atoms with E-state index in [0.29, 0.717) is 12.2 Å². The first-order valence-corrected chi connectivity index (χ1v) is 7.75. The van der Waals surface area contributed by atoms with Gasteiger partial charge in [0, 0.05) is 17.1 Å². The second-order valence-corrected chi connectivity index (χ2v) is 5.69. The van der Waals surface area contributed by atoms with E-state index in [4.69, 9.17) is 5.26 Å². The molecule has 0 fully saturated rings. The molecular weight excluding hydrogens is 294 g/mol. The quantitative estimate of drug-likeness (QED) is 0.649. The summed E-state index contributed by atoms with van der Waals surface area (Å²) in [7, 11) is 0. The van der Waals surface area contributed by atoms with E-state index < -0.39 is 0 Å². The highest BCUT2D eigenvalue weighted by molar-refractivity contribution is 8.03. The first-order valence-electron chi connectivity index (χ1n) is 6.94. The van der Waals surface area contributed by atoms with Crippen molar-refractivity contribution in [3.05, 3.63) is 59.7 Å². The van der Waals surface area contributed by atoms with Gasteiger partial charge in [0.25, 0.3) is 0 Å². The molecule has 0 aliphatic carbocycles. The monoisotopic (exact) mass is 311 g/mol. The Kier molecular flexibility index (Phi) is 5.87. The van der Waals surface area contributed by atoms with Crippen LogP contribution in [-0.2, 0) is 6.42 Å². The summed E-state index contributed by atoms with van der Waals surface area (Å²) in [4.78, 5) is 12.6. The number of thioether (sulfide) groups is 1. The molecule has 5 heteroatoms. The summed E-state index contributed by atoms with van der Waals surface area (Å²) in [6.07, 6.45) is 0.797. The van der Waals surface area contributed by atoms with Gasteiger partial charge in [0.15, 0.2) is 0 Å². The number of thiocyanates is 1. The highest BCUT2D eigenvalue weighted by Crippen LogP contribution is 2.18. The molecule has 0 atom stereocenters. The van der Waals surface area contributed by atoms with Crippen molar-refractivity contribution in [2.75, 3.05) is 11.9 Å². The maximum absolute atomic E-state index is 11.8. The van der Waals surface area contributed by atoms with Crippen LogP contribution in [0.25, 0.3) is 0 Å². The van der Waals surface area contributed by atoms with Crippen LogP contribution in [0.2, 0.25) is 0 Å². The van der Waals surface area contributed by atoms with E-state index in [2.05, 4.69) is 41.8 Å². The molecule has 0 radical (unpaired) electrons. The lowest BCUT2D eigenvalue weighted by molar-refractivity contribution is 0.252. The number of rotatable bonds is 5. The summed E-state index contributed by atoms with van der Waals surface area (Å²) in [6.45, 7) is 2.63. The third-order valence-corrected chi connectivity index (χ3v) is 3.69. The average molecular weight is 311 g/mol. The number of aryl methyl sites for hydroxylation is 1. The van der Waals surface area contributed by atoms with Crippen LogP contribution in [0, 0.1) is 17.6 Å². The molecule has 0 aromatic heterocycles. The predicted octanol–water partition coefficient (Wildman–Crippen LogP) is 3.93. The summed E-state index contributed by atoms with van der Waals surface area (Å²) in [5.74, 6) is 0. The first kappa shape index (κ1) is 15.9. The standard InChI is InChI=1S/C17H17N3OS/c1-13-2-4-14(5-3-13)10-11-19-17(21)20-15-6-8-16(9-7-15)22-12-18/h2-9H,10-11H2,1H3,(H2,19,20,21). The van der Waals surface area contributed by atoms with Gasteiger partial charge in [-0.15, -0.1) is 0 Å². The van der Waals surface area contributed by atoms with Gasteiger partial charge in [-0.2, -0.15) is 5.26 Å². The van der Waals surface area contributed by atoms with Crippen molar-refractivity contribution in [3.8, 4) is 5.40 Å². The summed E-state index contributed by atoms with van der Waals surface area (Å²) in [5, 5.41) is 16.2. The van der Waals surface area contributed by atoms with Crippen LogP contribution in [-0.4, -0.2) is 12.6 Å². The van der Waals surface area contributed by atoms with Gasteiger partial charge in [-0.1, -0.05) is 29.8 Å². The normalized spacial score (nSPS) is 9.82. The number of nitrogens with zero attached hydrogens (tertiary/aromatic N) is 1. The number of amides is 2. The van der Waals surface area contributed by atoms with Gasteiger partial charge in [-0.05, 0) is 54.9 Å². The molecule has 2 N–H and O–H groups in total. The molecule has 0 unspecified atom stereocenters. The number of benzene rings is 2. The minimum Gasteiger partial charge on any atom is -0.338 e. The maximum Gasteiger partial charge on any atom is 0.319 e. The van der Waals surface area contributed by atoms with Crippen molar-refractivity contribution >= 4 is 23.5 Å². The second kappa shape index (κ2) is 8.11. The fraction of sp³-hybridized carbons (Fsp3) is 0.176. The average Bonchev–Trinajstić information content (AvgIpc) is 2.51. The Morgan fingerprint density at radius 1 is 1.14 bits per heavy atom. The van der Waals surface area contributed by atoms with Gasteiger partial charge < -0.3 is 10.6 Å². The van der Waals surface area contributed by atoms with Crippen LogP contribution in [0.15, 0.2) is 53.4 Å². The smallest absolute Gasteiger partial charge is 0.319 e. The van der Waals surface area contributed by atoms with Crippen molar-refractivity contribution in [2.24, 2.45) is 0 Å². The van der Waals surface area contributed by atoms with E-state index in [0.717, 1.165) is 23.1 Å². The molecule has 2 aromatic carbocycles. The van der Waals surface area contributed by atoms with Gasteiger partial charge in [0.1, 0.15) is 5.40 Å². The lowest BCUT2D eigenvalue weighted by Gasteiger charge is -2.08. The molecule has 0 bridgehead atoms. The SMILES string of the molecule is Cc1ccc(CCNC(=O)Nc2ccc(SC#N)cc2)cc1. The predicted molar refractivity (Wildman–Crippen MR) is 89.8 cm³/mol. The molecule has 0 aliphatic heterocycles. The number of nitriles is 1. The highest BCUT2D eigenvalue weighted by Gasteiger charge is 2.02. The van der Waals surface area contributed by atoms with Crippen LogP contribution < -0.4 is 10.6 Å². The molecular formula is C17H17N3OS. The van der Waals surface area contributed by atoms with E-state index in [1.165, 1.54) is 11.1 Å². The molecule has 0 heterocycles. The summed E-state index contributed by atoms with van der Waals surface area (Å²) in [5.41, 5.74) is 3.13. The Labute approximate surface area is 134 Å². The van der Waals surface area contributed by atoms with E-state index >= 15 is 0 Å². The molecule has 112 valence electrons. The maximum atomic E-state index is 11.8. The van der Waals surface area contributed by atoms with Gasteiger partial charge in [-0.3, -0.25) is 0 Å². The number of carbonyl (C=O) groups excluding carboxylic acids is 1. The van der Waals surface area contributed by atoms with E-state index in [9.17, 15) is 4.79 Å². The van der Waals surface area contributed by atoms with Crippen molar-refractivity contribution in [1.82, 2.24) is 5.32 Å². The molecule has 0 saturated carbocycles. The third-order valence-electron chi connectivity index (χ3n) is 3.10. The zero-order valence-corrected chi connectivity index (χ0v) is 13.1. The van der Waals surface area contributed by atoms with Gasteiger partial charge in [0.2, 0.25) is 0 Å². The van der Waals surface area contributed by atoms with Crippen LogP contribution in [0.3, 0.4) is 0 Å².